The number of alkyl carbamates (subject to hydrolysis) is 1. The summed E-state index contributed by atoms with van der Waals surface area (Å²) >= 11 is 0. The highest BCUT2D eigenvalue weighted by molar-refractivity contribution is 5.75. The number of hydrogen-bond donors (Lipinski definition) is 2. The van der Waals surface area contributed by atoms with Gasteiger partial charge in [-0.1, -0.05) is 6.92 Å². The standard InChI is InChI=1S/C14H28N2O3/c1-10(9-15-8-7-11(2)17)12(3)16-13(18)19-14(4,5)6/h10,12,15H,7-9H2,1-6H3,(H,16,18). The second kappa shape index (κ2) is 8.15. The third kappa shape index (κ3) is 10.5. The molecule has 0 aliphatic heterocycles. The fourth-order valence-corrected chi connectivity index (χ4v) is 1.41. The van der Waals surface area contributed by atoms with E-state index < -0.39 is 11.7 Å². The molecule has 0 aromatic heterocycles. The van der Waals surface area contributed by atoms with Crippen LogP contribution < -0.4 is 10.6 Å². The van der Waals surface area contributed by atoms with Crippen LogP contribution in [0.5, 0.6) is 0 Å². The Hall–Kier alpha value is -1.10. The average molecular weight is 272 g/mol. The minimum absolute atomic E-state index is 0.0136. The number of ether oxygens (including phenoxy) is 1. The van der Waals surface area contributed by atoms with Gasteiger partial charge < -0.3 is 15.4 Å². The van der Waals surface area contributed by atoms with Crippen molar-refractivity contribution in [2.75, 3.05) is 13.1 Å². The minimum atomic E-state index is -0.479. The molecular formula is C14H28N2O3. The van der Waals surface area contributed by atoms with Crippen LogP contribution >= 0.6 is 0 Å². The van der Waals surface area contributed by atoms with Crippen LogP contribution in [0.3, 0.4) is 0 Å². The lowest BCUT2D eigenvalue weighted by atomic mass is 10.0. The normalized spacial score (nSPS) is 14.6. The second-order valence-corrected chi connectivity index (χ2v) is 6.07. The van der Waals surface area contributed by atoms with Gasteiger partial charge in [0.1, 0.15) is 11.4 Å². The van der Waals surface area contributed by atoms with Gasteiger partial charge in [-0.05, 0) is 47.1 Å². The van der Waals surface area contributed by atoms with Crippen molar-refractivity contribution in [3.05, 3.63) is 0 Å². The second-order valence-electron chi connectivity index (χ2n) is 6.07. The first-order valence-electron chi connectivity index (χ1n) is 6.81. The van der Waals surface area contributed by atoms with Gasteiger partial charge in [-0.3, -0.25) is 4.79 Å². The van der Waals surface area contributed by atoms with Gasteiger partial charge in [0.25, 0.3) is 0 Å². The molecule has 0 heterocycles. The number of amides is 1. The van der Waals surface area contributed by atoms with Crippen LogP contribution in [0, 0.1) is 5.92 Å². The molecule has 0 bridgehead atoms. The Kier molecular flexibility index (Phi) is 7.68. The predicted octanol–water partition coefficient (Wildman–Crippen LogP) is 2.10. The molecular weight excluding hydrogens is 244 g/mol. The van der Waals surface area contributed by atoms with Crippen molar-refractivity contribution in [1.29, 1.82) is 0 Å². The summed E-state index contributed by atoms with van der Waals surface area (Å²) in [7, 11) is 0. The van der Waals surface area contributed by atoms with Crippen molar-refractivity contribution in [3.63, 3.8) is 0 Å². The fraction of sp³-hybridized carbons (Fsp3) is 0.857. The lowest BCUT2D eigenvalue weighted by molar-refractivity contribution is -0.116. The summed E-state index contributed by atoms with van der Waals surface area (Å²) in [6.45, 7) is 12.5. The molecule has 0 aromatic rings. The van der Waals surface area contributed by atoms with E-state index in [1.165, 1.54) is 0 Å². The first-order valence-corrected chi connectivity index (χ1v) is 6.81. The SMILES string of the molecule is CC(=O)CCNCC(C)C(C)NC(=O)OC(C)(C)C. The molecule has 0 aliphatic carbocycles. The molecule has 0 aromatic carbocycles. The van der Waals surface area contributed by atoms with E-state index in [9.17, 15) is 9.59 Å². The zero-order valence-corrected chi connectivity index (χ0v) is 13.0. The van der Waals surface area contributed by atoms with E-state index in [0.717, 1.165) is 6.54 Å². The molecule has 0 rings (SSSR count). The molecule has 0 fully saturated rings. The van der Waals surface area contributed by atoms with Crippen LogP contribution in [0.25, 0.3) is 0 Å². The van der Waals surface area contributed by atoms with Gasteiger partial charge in [-0.2, -0.15) is 0 Å². The van der Waals surface area contributed by atoms with Gasteiger partial charge in [0.05, 0.1) is 0 Å². The number of nitrogens with one attached hydrogen (secondary N) is 2. The zero-order valence-electron chi connectivity index (χ0n) is 13.0. The molecule has 2 atom stereocenters. The third-order valence-corrected chi connectivity index (χ3v) is 2.72. The van der Waals surface area contributed by atoms with Gasteiger partial charge >= 0.3 is 6.09 Å². The van der Waals surface area contributed by atoms with Crippen molar-refractivity contribution in [2.24, 2.45) is 5.92 Å². The highest BCUT2D eigenvalue weighted by Gasteiger charge is 2.20. The van der Waals surface area contributed by atoms with Gasteiger partial charge in [0.2, 0.25) is 0 Å². The molecule has 0 saturated heterocycles. The monoisotopic (exact) mass is 272 g/mol. The van der Waals surface area contributed by atoms with Crippen molar-refractivity contribution in [3.8, 4) is 0 Å². The van der Waals surface area contributed by atoms with Crippen LogP contribution in [0.1, 0.15) is 48.0 Å². The van der Waals surface area contributed by atoms with Gasteiger partial charge in [0, 0.05) is 19.0 Å². The summed E-state index contributed by atoms with van der Waals surface area (Å²) in [5.74, 6) is 0.444. The van der Waals surface area contributed by atoms with Crippen LogP contribution in [0.2, 0.25) is 0 Å². The number of carbonyl (C=O) groups is 2. The maximum absolute atomic E-state index is 11.6. The van der Waals surface area contributed by atoms with Crippen LogP contribution in [0.15, 0.2) is 0 Å². The fourth-order valence-electron chi connectivity index (χ4n) is 1.41. The Balaban J connectivity index is 3.89. The summed E-state index contributed by atoms with van der Waals surface area (Å²) < 4.78 is 5.20. The summed E-state index contributed by atoms with van der Waals surface area (Å²) in [5, 5.41) is 6.02. The number of carbonyl (C=O) groups excluding carboxylic acids is 2. The number of ketones is 1. The minimum Gasteiger partial charge on any atom is -0.444 e. The van der Waals surface area contributed by atoms with Gasteiger partial charge in [-0.25, -0.2) is 4.79 Å². The summed E-state index contributed by atoms with van der Waals surface area (Å²) in [6.07, 6.45) is 0.149. The van der Waals surface area contributed by atoms with Gasteiger partial charge in [0.15, 0.2) is 0 Å². The van der Waals surface area contributed by atoms with E-state index in [-0.39, 0.29) is 17.7 Å². The summed E-state index contributed by atoms with van der Waals surface area (Å²) in [5.41, 5.74) is -0.479. The van der Waals surface area contributed by atoms with Crippen molar-refractivity contribution in [2.45, 2.75) is 59.6 Å². The Morgan fingerprint density at radius 1 is 1.21 bits per heavy atom. The molecule has 0 aliphatic rings. The van der Waals surface area contributed by atoms with Gasteiger partial charge in [-0.15, -0.1) is 0 Å². The number of rotatable bonds is 7. The molecule has 0 saturated carbocycles. The topological polar surface area (TPSA) is 67.4 Å². The molecule has 19 heavy (non-hydrogen) atoms. The van der Waals surface area contributed by atoms with E-state index in [2.05, 4.69) is 10.6 Å². The van der Waals surface area contributed by atoms with Crippen molar-refractivity contribution < 1.29 is 14.3 Å². The van der Waals surface area contributed by atoms with E-state index >= 15 is 0 Å². The smallest absolute Gasteiger partial charge is 0.407 e. The predicted molar refractivity (Wildman–Crippen MR) is 76.2 cm³/mol. The Morgan fingerprint density at radius 2 is 1.79 bits per heavy atom. The van der Waals surface area contributed by atoms with Crippen LogP contribution in [-0.4, -0.2) is 36.6 Å². The molecule has 2 unspecified atom stereocenters. The Bertz CT molecular complexity index is 298. The third-order valence-electron chi connectivity index (χ3n) is 2.72. The average Bonchev–Trinajstić information content (AvgIpc) is 2.20. The highest BCUT2D eigenvalue weighted by Crippen LogP contribution is 2.08. The molecule has 2 N–H and O–H groups in total. The van der Waals surface area contributed by atoms with Crippen molar-refractivity contribution in [1.82, 2.24) is 10.6 Å². The van der Waals surface area contributed by atoms with Crippen molar-refractivity contribution >= 4 is 11.9 Å². The number of hydrogen-bond acceptors (Lipinski definition) is 4. The van der Waals surface area contributed by atoms with E-state index in [1.54, 1.807) is 6.92 Å². The first-order chi connectivity index (χ1) is 8.61. The first kappa shape index (κ1) is 17.9. The van der Waals surface area contributed by atoms with E-state index in [4.69, 9.17) is 4.74 Å². The van der Waals surface area contributed by atoms with Crippen LogP contribution in [0.4, 0.5) is 4.79 Å². The Morgan fingerprint density at radius 3 is 2.26 bits per heavy atom. The summed E-state index contributed by atoms with van der Waals surface area (Å²) in [4.78, 5) is 22.4. The maximum Gasteiger partial charge on any atom is 0.407 e. The lowest BCUT2D eigenvalue weighted by Crippen LogP contribution is -2.43. The Labute approximate surface area is 116 Å². The highest BCUT2D eigenvalue weighted by atomic mass is 16.6. The lowest BCUT2D eigenvalue weighted by Gasteiger charge is -2.25. The quantitative estimate of drug-likeness (QED) is 0.697. The van der Waals surface area contributed by atoms with E-state index in [0.29, 0.717) is 13.0 Å². The molecule has 0 spiro atoms. The maximum atomic E-state index is 11.6. The number of Topliss-reactive ketones (excluding diaryl/α,β-unsaturated/α-hetero) is 1. The molecule has 5 heteroatoms. The molecule has 0 radical (unpaired) electrons. The molecule has 5 nitrogen and oxygen atoms in total. The van der Waals surface area contributed by atoms with E-state index in [1.807, 2.05) is 34.6 Å². The largest absolute Gasteiger partial charge is 0.444 e. The summed E-state index contributed by atoms with van der Waals surface area (Å²) in [6, 6.07) is 0.0136. The molecule has 1 amide bonds. The zero-order chi connectivity index (χ0) is 15.1. The van der Waals surface area contributed by atoms with Crippen LogP contribution in [-0.2, 0) is 9.53 Å². The molecule has 112 valence electrons.